The third-order valence-electron chi connectivity index (χ3n) is 3.83. The Hall–Kier alpha value is -1.42. The Balaban J connectivity index is 1.69. The summed E-state index contributed by atoms with van der Waals surface area (Å²) in [4.78, 5) is 0. The molecule has 0 bridgehead atoms. The highest BCUT2D eigenvalue weighted by atomic mass is 16.5. The molecule has 4 heteroatoms. The van der Waals surface area contributed by atoms with E-state index in [9.17, 15) is 0 Å². The molecule has 0 radical (unpaired) electrons. The van der Waals surface area contributed by atoms with Crippen molar-refractivity contribution in [3.8, 4) is 11.5 Å². The second-order valence-corrected chi connectivity index (χ2v) is 5.48. The Labute approximate surface area is 114 Å². The molecule has 4 nitrogen and oxygen atoms in total. The number of hydrogen-bond donors (Lipinski definition) is 2. The molecule has 104 valence electrons. The fraction of sp³-hybridized carbons (Fsp3) is 0.600. The lowest BCUT2D eigenvalue weighted by Gasteiger charge is -2.28. The van der Waals surface area contributed by atoms with Crippen molar-refractivity contribution in [2.75, 3.05) is 18.5 Å². The van der Waals surface area contributed by atoms with Crippen LogP contribution in [0.2, 0.25) is 0 Å². The van der Waals surface area contributed by atoms with E-state index in [2.05, 4.69) is 11.4 Å². The quantitative estimate of drug-likeness (QED) is 0.860. The van der Waals surface area contributed by atoms with E-state index in [1.165, 1.54) is 12.8 Å². The van der Waals surface area contributed by atoms with Crippen LogP contribution in [0.3, 0.4) is 0 Å². The minimum Gasteiger partial charge on any atom is -0.490 e. The van der Waals surface area contributed by atoms with Gasteiger partial charge in [0.25, 0.3) is 0 Å². The van der Waals surface area contributed by atoms with E-state index >= 15 is 0 Å². The first-order valence-electron chi connectivity index (χ1n) is 7.23. The van der Waals surface area contributed by atoms with Crippen LogP contribution in [0.1, 0.15) is 32.1 Å². The third kappa shape index (κ3) is 3.13. The van der Waals surface area contributed by atoms with Crippen molar-refractivity contribution in [3.63, 3.8) is 0 Å². The van der Waals surface area contributed by atoms with Crippen LogP contribution >= 0.6 is 0 Å². The summed E-state index contributed by atoms with van der Waals surface area (Å²) >= 11 is 0. The molecule has 2 atom stereocenters. The molecule has 0 spiro atoms. The van der Waals surface area contributed by atoms with Crippen LogP contribution in [0.15, 0.2) is 18.2 Å². The van der Waals surface area contributed by atoms with Crippen molar-refractivity contribution < 1.29 is 9.47 Å². The minimum atomic E-state index is 0.340. The van der Waals surface area contributed by atoms with Gasteiger partial charge in [-0.15, -0.1) is 0 Å². The predicted molar refractivity (Wildman–Crippen MR) is 75.9 cm³/mol. The lowest BCUT2D eigenvalue weighted by Crippen LogP contribution is -2.34. The van der Waals surface area contributed by atoms with E-state index in [1.807, 2.05) is 12.1 Å². The van der Waals surface area contributed by atoms with E-state index in [1.54, 1.807) is 0 Å². The van der Waals surface area contributed by atoms with Gasteiger partial charge in [0.15, 0.2) is 11.5 Å². The molecule has 1 aromatic rings. The zero-order chi connectivity index (χ0) is 13.1. The van der Waals surface area contributed by atoms with Crippen LogP contribution in [0.25, 0.3) is 0 Å². The van der Waals surface area contributed by atoms with Crippen LogP contribution < -0.4 is 20.5 Å². The Kier molecular flexibility index (Phi) is 3.78. The lowest BCUT2D eigenvalue weighted by molar-refractivity contribution is 0.297. The maximum atomic E-state index is 6.03. The van der Waals surface area contributed by atoms with Crippen molar-refractivity contribution in [3.05, 3.63) is 18.2 Å². The largest absolute Gasteiger partial charge is 0.490 e. The van der Waals surface area contributed by atoms with Crippen molar-refractivity contribution in [2.45, 2.75) is 44.2 Å². The molecule has 0 amide bonds. The van der Waals surface area contributed by atoms with Gasteiger partial charge in [0.1, 0.15) is 0 Å². The normalized spacial score (nSPS) is 26.6. The Morgan fingerprint density at radius 3 is 2.74 bits per heavy atom. The molecule has 0 saturated heterocycles. The van der Waals surface area contributed by atoms with Gasteiger partial charge in [-0.25, -0.2) is 0 Å². The lowest BCUT2D eigenvalue weighted by atomic mass is 9.91. The highest BCUT2D eigenvalue weighted by Crippen LogP contribution is 2.33. The zero-order valence-electron chi connectivity index (χ0n) is 11.2. The van der Waals surface area contributed by atoms with Gasteiger partial charge in [0.05, 0.1) is 13.2 Å². The first kappa shape index (κ1) is 12.6. The number of nitrogens with one attached hydrogen (secondary N) is 1. The van der Waals surface area contributed by atoms with Crippen molar-refractivity contribution in [1.82, 2.24) is 0 Å². The summed E-state index contributed by atoms with van der Waals surface area (Å²) in [6.07, 6.45) is 5.55. The Morgan fingerprint density at radius 2 is 1.89 bits per heavy atom. The average Bonchev–Trinajstić information content (AvgIpc) is 2.63. The fourth-order valence-corrected chi connectivity index (χ4v) is 2.85. The maximum Gasteiger partial charge on any atom is 0.163 e. The Bertz CT molecular complexity index is 436. The number of anilines is 1. The number of hydrogen-bond acceptors (Lipinski definition) is 4. The number of rotatable bonds is 2. The molecule has 19 heavy (non-hydrogen) atoms. The third-order valence-corrected chi connectivity index (χ3v) is 3.83. The summed E-state index contributed by atoms with van der Waals surface area (Å²) in [6, 6.07) is 6.92. The molecule has 1 heterocycles. The van der Waals surface area contributed by atoms with Crippen molar-refractivity contribution >= 4 is 5.69 Å². The standard InChI is InChI=1S/C15H22N2O2/c16-11-3-1-4-12(9-11)17-13-5-6-14-15(10-13)19-8-2-7-18-14/h5-6,10-12,17H,1-4,7-9,16H2. The molecule has 1 fully saturated rings. The first-order valence-corrected chi connectivity index (χ1v) is 7.23. The molecule has 1 saturated carbocycles. The van der Waals surface area contributed by atoms with Gasteiger partial charge in [0, 0.05) is 30.3 Å². The number of fused-ring (bicyclic) bond motifs is 1. The summed E-state index contributed by atoms with van der Waals surface area (Å²) in [7, 11) is 0. The fourth-order valence-electron chi connectivity index (χ4n) is 2.85. The number of benzene rings is 1. The molecule has 3 N–H and O–H groups in total. The van der Waals surface area contributed by atoms with Gasteiger partial charge in [-0.05, 0) is 37.8 Å². The first-order chi connectivity index (χ1) is 9.31. The van der Waals surface area contributed by atoms with E-state index < -0.39 is 0 Å². The van der Waals surface area contributed by atoms with Crippen LogP contribution in [0.5, 0.6) is 11.5 Å². The van der Waals surface area contributed by atoms with Crippen LogP contribution in [-0.4, -0.2) is 25.3 Å². The molecule has 0 aromatic heterocycles. The summed E-state index contributed by atoms with van der Waals surface area (Å²) in [5, 5.41) is 3.57. The van der Waals surface area contributed by atoms with E-state index in [0.29, 0.717) is 12.1 Å². The molecule has 1 aromatic carbocycles. The van der Waals surface area contributed by atoms with Crippen LogP contribution in [-0.2, 0) is 0 Å². The van der Waals surface area contributed by atoms with Gasteiger partial charge in [-0.3, -0.25) is 0 Å². The smallest absolute Gasteiger partial charge is 0.163 e. The topological polar surface area (TPSA) is 56.5 Å². The van der Waals surface area contributed by atoms with Gasteiger partial charge in [-0.2, -0.15) is 0 Å². The number of nitrogens with two attached hydrogens (primary N) is 1. The highest BCUT2D eigenvalue weighted by Gasteiger charge is 2.19. The summed E-state index contributed by atoms with van der Waals surface area (Å²) in [5.74, 6) is 1.70. The van der Waals surface area contributed by atoms with Gasteiger partial charge in [0.2, 0.25) is 0 Å². The molecular weight excluding hydrogens is 240 g/mol. The van der Waals surface area contributed by atoms with Crippen molar-refractivity contribution in [2.24, 2.45) is 5.73 Å². The molecule has 2 aliphatic rings. The predicted octanol–water partition coefficient (Wildman–Crippen LogP) is 2.53. The zero-order valence-corrected chi connectivity index (χ0v) is 11.2. The minimum absolute atomic E-state index is 0.340. The van der Waals surface area contributed by atoms with Crippen LogP contribution in [0, 0.1) is 0 Å². The van der Waals surface area contributed by atoms with E-state index in [0.717, 1.165) is 49.7 Å². The van der Waals surface area contributed by atoms with Gasteiger partial charge in [-0.1, -0.05) is 0 Å². The molecule has 2 unspecified atom stereocenters. The van der Waals surface area contributed by atoms with Gasteiger partial charge < -0.3 is 20.5 Å². The maximum absolute atomic E-state index is 6.03. The molecule has 1 aliphatic heterocycles. The van der Waals surface area contributed by atoms with Gasteiger partial charge >= 0.3 is 0 Å². The molecule has 3 rings (SSSR count). The molecule has 1 aliphatic carbocycles. The molecular formula is C15H22N2O2. The second kappa shape index (κ2) is 5.70. The SMILES string of the molecule is NC1CCCC(Nc2ccc3c(c2)OCCCO3)C1. The average molecular weight is 262 g/mol. The number of ether oxygens (including phenoxy) is 2. The second-order valence-electron chi connectivity index (χ2n) is 5.48. The van der Waals surface area contributed by atoms with Crippen molar-refractivity contribution in [1.29, 1.82) is 0 Å². The summed E-state index contributed by atoms with van der Waals surface area (Å²) < 4.78 is 11.3. The summed E-state index contributed by atoms with van der Waals surface area (Å²) in [5.41, 5.74) is 7.13. The van der Waals surface area contributed by atoms with E-state index in [-0.39, 0.29) is 0 Å². The van der Waals surface area contributed by atoms with E-state index in [4.69, 9.17) is 15.2 Å². The van der Waals surface area contributed by atoms with Crippen LogP contribution in [0.4, 0.5) is 5.69 Å². The summed E-state index contributed by atoms with van der Waals surface area (Å²) in [6.45, 7) is 1.46. The monoisotopic (exact) mass is 262 g/mol. The highest BCUT2D eigenvalue weighted by molar-refractivity contribution is 5.55. The Morgan fingerprint density at radius 1 is 1.05 bits per heavy atom.